The largest absolute Gasteiger partial charge is 0.478 e. The minimum absolute atomic E-state index is 0.363. The van der Waals surface area contributed by atoms with Crippen molar-refractivity contribution in [2.24, 2.45) is 5.92 Å². The van der Waals surface area contributed by atoms with Crippen LogP contribution in [-0.4, -0.2) is 28.9 Å². The molecule has 0 saturated carbocycles. The molecule has 82 valence electrons. The van der Waals surface area contributed by atoms with Crippen LogP contribution in [0.15, 0.2) is 18.5 Å². The van der Waals surface area contributed by atoms with E-state index < -0.39 is 5.97 Å². The second kappa shape index (κ2) is 4.49. The summed E-state index contributed by atoms with van der Waals surface area (Å²) in [6.45, 7) is 2.56. The lowest BCUT2D eigenvalue weighted by Crippen LogP contribution is -2.19. The molecule has 1 aromatic heterocycles. The molecule has 1 aliphatic heterocycles. The van der Waals surface area contributed by atoms with E-state index in [0.29, 0.717) is 11.5 Å². The van der Waals surface area contributed by atoms with E-state index in [4.69, 9.17) is 9.84 Å². The lowest BCUT2D eigenvalue weighted by atomic mass is 10.0. The monoisotopic (exact) mass is 209 g/mol. The van der Waals surface area contributed by atoms with Gasteiger partial charge >= 0.3 is 5.97 Å². The Morgan fingerprint density at radius 1 is 1.53 bits per heavy atom. The molecule has 15 heavy (non-hydrogen) atoms. The van der Waals surface area contributed by atoms with Gasteiger partial charge in [-0.15, -0.1) is 0 Å². The zero-order valence-electron chi connectivity index (χ0n) is 8.56. The SMILES string of the molecule is O=C(O)c1ccn(CC2CCOCC2)c1. The third-order valence-corrected chi connectivity index (χ3v) is 2.81. The smallest absolute Gasteiger partial charge is 0.337 e. The van der Waals surface area contributed by atoms with Crippen molar-refractivity contribution < 1.29 is 14.6 Å². The summed E-state index contributed by atoms with van der Waals surface area (Å²) >= 11 is 0. The summed E-state index contributed by atoms with van der Waals surface area (Å²) in [5.41, 5.74) is 0.363. The molecule has 0 aromatic carbocycles. The summed E-state index contributed by atoms with van der Waals surface area (Å²) in [7, 11) is 0. The third-order valence-electron chi connectivity index (χ3n) is 2.81. The van der Waals surface area contributed by atoms with Crippen molar-refractivity contribution in [1.82, 2.24) is 4.57 Å². The molecule has 4 heteroatoms. The first kappa shape index (κ1) is 10.2. The Morgan fingerprint density at radius 2 is 2.27 bits per heavy atom. The second-order valence-corrected chi connectivity index (χ2v) is 3.96. The van der Waals surface area contributed by atoms with E-state index in [9.17, 15) is 4.79 Å². The fourth-order valence-electron chi connectivity index (χ4n) is 1.91. The van der Waals surface area contributed by atoms with Gasteiger partial charge in [0.25, 0.3) is 0 Å². The van der Waals surface area contributed by atoms with Crippen LogP contribution in [0.2, 0.25) is 0 Å². The molecule has 2 rings (SSSR count). The number of rotatable bonds is 3. The number of hydrogen-bond donors (Lipinski definition) is 1. The lowest BCUT2D eigenvalue weighted by molar-refractivity contribution is 0.0611. The van der Waals surface area contributed by atoms with Gasteiger partial charge in [0.2, 0.25) is 0 Å². The van der Waals surface area contributed by atoms with Gasteiger partial charge < -0.3 is 14.4 Å². The van der Waals surface area contributed by atoms with Crippen LogP contribution in [0.3, 0.4) is 0 Å². The van der Waals surface area contributed by atoms with E-state index in [0.717, 1.165) is 32.6 Å². The van der Waals surface area contributed by atoms with Crippen LogP contribution in [0.25, 0.3) is 0 Å². The molecule has 2 heterocycles. The highest BCUT2D eigenvalue weighted by atomic mass is 16.5. The first-order valence-electron chi connectivity index (χ1n) is 5.22. The maximum Gasteiger partial charge on any atom is 0.337 e. The molecule has 0 bridgehead atoms. The van der Waals surface area contributed by atoms with Crippen LogP contribution in [0, 0.1) is 5.92 Å². The van der Waals surface area contributed by atoms with Crippen molar-refractivity contribution >= 4 is 5.97 Å². The van der Waals surface area contributed by atoms with Crippen molar-refractivity contribution in [2.75, 3.05) is 13.2 Å². The molecule has 0 radical (unpaired) electrons. The molecule has 0 amide bonds. The van der Waals surface area contributed by atoms with Gasteiger partial charge in [0.1, 0.15) is 0 Å². The van der Waals surface area contributed by atoms with Gasteiger partial charge in [-0.2, -0.15) is 0 Å². The van der Waals surface area contributed by atoms with Crippen molar-refractivity contribution in [3.8, 4) is 0 Å². The quantitative estimate of drug-likeness (QED) is 0.822. The molecule has 1 aromatic rings. The zero-order chi connectivity index (χ0) is 10.7. The molecule has 0 atom stereocenters. The van der Waals surface area contributed by atoms with E-state index in [1.807, 2.05) is 10.8 Å². The molecule has 0 unspecified atom stereocenters. The molecule has 0 spiro atoms. The van der Waals surface area contributed by atoms with E-state index >= 15 is 0 Å². The summed E-state index contributed by atoms with van der Waals surface area (Å²) in [5.74, 6) is -0.242. The first-order valence-corrected chi connectivity index (χ1v) is 5.22. The first-order chi connectivity index (χ1) is 7.25. The Kier molecular flexibility index (Phi) is 3.06. The number of carboxylic acids is 1. The Balaban J connectivity index is 1.94. The number of hydrogen-bond acceptors (Lipinski definition) is 2. The molecule has 1 aliphatic rings. The van der Waals surface area contributed by atoms with Crippen LogP contribution in [0.1, 0.15) is 23.2 Å². The number of ether oxygens (including phenoxy) is 1. The van der Waals surface area contributed by atoms with Gasteiger partial charge in [0, 0.05) is 32.2 Å². The molecule has 0 aliphatic carbocycles. The third kappa shape index (κ3) is 2.59. The predicted molar refractivity (Wildman–Crippen MR) is 54.9 cm³/mol. The van der Waals surface area contributed by atoms with Crippen LogP contribution in [-0.2, 0) is 11.3 Å². The van der Waals surface area contributed by atoms with Crippen LogP contribution >= 0.6 is 0 Å². The number of aromatic carboxylic acids is 1. The van der Waals surface area contributed by atoms with Crippen molar-refractivity contribution in [3.05, 3.63) is 24.0 Å². The molecule has 4 nitrogen and oxygen atoms in total. The van der Waals surface area contributed by atoms with Crippen molar-refractivity contribution in [2.45, 2.75) is 19.4 Å². The van der Waals surface area contributed by atoms with E-state index in [2.05, 4.69) is 0 Å². The Hall–Kier alpha value is -1.29. The van der Waals surface area contributed by atoms with Crippen LogP contribution in [0.5, 0.6) is 0 Å². The summed E-state index contributed by atoms with van der Waals surface area (Å²) in [4.78, 5) is 10.7. The topological polar surface area (TPSA) is 51.5 Å². The predicted octanol–water partition coefficient (Wildman–Crippen LogP) is 1.61. The van der Waals surface area contributed by atoms with Crippen LogP contribution in [0.4, 0.5) is 0 Å². The minimum atomic E-state index is -0.860. The number of carbonyl (C=O) groups is 1. The highest BCUT2D eigenvalue weighted by Crippen LogP contribution is 2.17. The molecule has 1 fully saturated rings. The molecule has 1 saturated heterocycles. The maximum atomic E-state index is 10.7. The summed E-state index contributed by atoms with van der Waals surface area (Å²) < 4.78 is 7.24. The highest BCUT2D eigenvalue weighted by molar-refractivity contribution is 5.87. The van der Waals surface area contributed by atoms with Crippen molar-refractivity contribution in [3.63, 3.8) is 0 Å². The van der Waals surface area contributed by atoms with E-state index in [1.54, 1.807) is 12.3 Å². The highest BCUT2D eigenvalue weighted by Gasteiger charge is 2.14. The van der Waals surface area contributed by atoms with Gasteiger partial charge in [-0.3, -0.25) is 0 Å². The average molecular weight is 209 g/mol. The zero-order valence-corrected chi connectivity index (χ0v) is 8.56. The maximum absolute atomic E-state index is 10.7. The minimum Gasteiger partial charge on any atom is -0.478 e. The molecular formula is C11H15NO3. The van der Waals surface area contributed by atoms with Gasteiger partial charge in [0.05, 0.1) is 5.56 Å². The Bertz CT molecular complexity index is 339. The normalized spacial score (nSPS) is 17.9. The van der Waals surface area contributed by atoms with Gasteiger partial charge in [-0.25, -0.2) is 4.79 Å². The van der Waals surface area contributed by atoms with E-state index in [-0.39, 0.29) is 0 Å². The molecule has 1 N–H and O–H groups in total. The van der Waals surface area contributed by atoms with Crippen LogP contribution < -0.4 is 0 Å². The van der Waals surface area contributed by atoms with Gasteiger partial charge in [-0.1, -0.05) is 0 Å². The number of carboxylic acid groups (broad SMARTS) is 1. The fourth-order valence-corrected chi connectivity index (χ4v) is 1.91. The summed E-state index contributed by atoms with van der Waals surface area (Å²) in [6, 6.07) is 1.64. The Morgan fingerprint density at radius 3 is 2.87 bits per heavy atom. The van der Waals surface area contributed by atoms with E-state index in [1.165, 1.54) is 0 Å². The average Bonchev–Trinajstić information content (AvgIpc) is 2.68. The standard InChI is InChI=1S/C11H15NO3/c13-11(14)10-1-4-12(8-10)7-9-2-5-15-6-3-9/h1,4,8-9H,2-3,5-7H2,(H,13,14). The number of aromatic nitrogens is 1. The second-order valence-electron chi connectivity index (χ2n) is 3.96. The van der Waals surface area contributed by atoms with Gasteiger partial charge in [0.15, 0.2) is 0 Å². The van der Waals surface area contributed by atoms with Crippen molar-refractivity contribution in [1.29, 1.82) is 0 Å². The fraction of sp³-hybridized carbons (Fsp3) is 0.545. The lowest BCUT2D eigenvalue weighted by Gasteiger charge is -2.22. The van der Waals surface area contributed by atoms with Gasteiger partial charge in [-0.05, 0) is 24.8 Å². The summed E-state index contributed by atoms with van der Waals surface area (Å²) in [5, 5.41) is 8.77. The molecular weight excluding hydrogens is 194 g/mol. The summed E-state index contributed by atoms with van der Waals surface area (Å²) in [6.07, 6.45) is 5.66. The Labute approximate surface area is 88.5 Å². The number of nitrogens with zero attached hydrogens (tertiary/aromatic N) is 1.